The third-order valence-corrected chi connectivity index (χ3v) is 5.63. The average molecular weight is 463 g/mol. The number of para-hydroxylation sites is 1. The lowest BCUT2D eigenvalue weighted by Gasteiger charge is -2.23. The minimum absolute atomic E-state index is 0.0754. The van der Waals surface area contributed by atoms with Crippen molar-refractivity contribution < 1.29 is 0 Å². The first-order valence-corrected chi connectivity index (χ1v) is 11.8. The van der Waals surface area contributed by atoms with Gasteiger partial charge in [-0.2, -0.15) is 0 Å². The van der Waals surface area contributed by atoms with Crippen molar-refractivity contribution >= 4 is 23.4 Å². The van der Waals surface area contributed by atoms with Crippen molar-refractivity contribution in [2.24, 2.45) is 4.99 Å². The number of hydrogen-bond acceptors (Lipinski definition) is 4. The van der Waals surface area contributed by atoms with E-state index in [0.717, 1.165) is 29.2 Å². The standard InChI is InChI=1S/C30H30N4O/c1-3-5-17-26(12-4-2)34-28-18-25(32-20-23-13-8-6-9-14-23)21-31-22-27(28)29(35)19-30(34)33-24-15-10-7-11-16-24/h4-17,19,21-22,32-33H,2-3,18,20H2,1H3/b17-5-,26-12+. The Hall–Kier alpha value is -4.38. The zero-order chi connectivity index (χ0) is 24.5. The number of nitrogens with one attached hydrogen (secondary N) is 2. The van der Waals surface area contributed by atoms with Crippen molar-refractivity contribution in [1.29, 1.82) is 0 Å². The molecule has 0 aliphatic carbocycles. The van der Waals surface area contributed by atoms with E-state index in [2.05, 4.69) is 58.0 Å². The van der Waals surface area contributed by atoms with Gasteiger partial charge >= 0.3 is 0 Å². The Morgan fingerprint density at radius 1 is 1.11 bits per heavy atom. The van der Waals surface area contributed by atoms with Gasteiger partial charge in [0, 0.05) is 54.2 Å². The number of aliphatic imine (C=N–C) groups is 1. The summed E-state index contributed by atoms with van der Waals surface area (Å²) < 4.78 is 2.09. The molecular weight excluding hydrogens is 432 g/mol. The Bertz CT molecular complexity index is 1350. The predicted molar refractivity (Wildman–Crippen MR) is 147 cm³/mol. The molecule has 0 amide bonds. The molecule has 5 nitrogen and oxygen atoms in total. The van der Waals surface area contributed by atoms with Crippen LogP contribution in [0.3, 0.4) is 0 Å². The highest BCUT2D eigenvalue weighted by molar-refractivity contribution is 5.84. The molecule has 4 rings (SSSR count). The van der Waals surface area contributed by atoms with Gasteiger partial charge in [-0.1, -0.05) is 74.2 Å². The number of pyridine rings is 1. The smallest absolute Gasteiger partial charge is 0.192 e. The molecule has 0 radical (unpaired) electrons. The van der Waals surface area contributed by atoms with Gasteiger partial charge in [0.05, 0.1) is 5.56 Å². The normalized spacial score (nSPS) is 13.2. The number of benzene rings is 2. The maximum Gasteiger partial charge on any atom is 0.192 e. The van der Waals surface area contributed by atoms with E-state index < -0.39 is 0 Å². The van der Waals surface area contributed by atoms with Crippen LogP contribution in [0.1, 0.15) is 30.2 Å². The molecule has 176 valence electrons. The third kappa shape index (κ3) is 5.95. The highest BCUT2D eigenvalue weighted by atomic mass is 16.1. The largest absolute Gasteiger partial charge is 0.383 e. The first-order chi connectivity index (χ1) is 17.2. The van der Waals surface area contributed by atoms with Gasteiger partial charge in [0.25, 0.3) is 0 Å². The van der Waals surface area contributed by atoms with Gasteiger partial charge in [-0.3, -0.25) is 14.4 Å². The Kier molecular flexibility index (Phi) is 7.92. The Labute approximate surface area is 206 Å². The van der Waals surface area contributed by atoms with Crippen LogP contribution in [0.4, 0.5) is 11.5 Å². The highest BCUT2D eigenvalue weighted by Gasteiger charge is 2.19. The second-order valence-electron chi connectivity index (χ2n) is 8.17. The lowest BCUT2D eigenvalue weighted by molar-refractivity contribution is 0.764. The molecule has 1 aromatic heterocycles. The molecular formula is C30H30N4O. The van der Waals surface area contributed by atoms with E-state index in [-0.39, 0.29) is 5.43 Å². The fraction of sp³-hybridized carbons (Fsp3) is 0.133. The van der Waals surface area contributed by atoms with E-state index in [9.17, 15) is 4.79 Å². The zero-order valence-corrected chi connectivity index (χ0v) is 19.9. The number of hydrogen-bond donors (Lipinski definition) is 2. The molecule has 0 unspecified atom stereocenters. The number of fused-ring (bicyclic) bond motifs is 1. The predicted octanol–water partition coefficient (Wildman–Crippen LogP) is 6.19. The third-order valence-electron chi connectivity index (χ3n) is 5.63. The van der Waals surface area contributed by atoms with Crippen LogP contribution in [0.25, 0.3) is 5.70 Å². The highest BCUT2D eigenvalue weighted by Crippen LogP contribution is 2.26. The lowest BCUT2D eigenvalue weighted by atomic mass is 10.1. The van der Waals surface area contributed by atoms with E-state index in [0.29, 0.717) is 24.3 Å². The van der Waals surface area contributed by atoms with Crippen molar-refractivity contribution in [3.63, 3.8) is 0 Å². The summed E-state index contributed by atoms with van der Waals surface area (Å²) in [6.45, 7) is 6.69. The summed E-state index contributed by atoms with van der Waals surface area (Å²) in [6, 6.07) is 21.7. The van der Waals surface area contributed by atoms with Gasteiger partial charge in [-0.05, 0) is 36.3 Å². The molecule has 0 bridgehead atoms. The maximum atomic E-state index is 13.2. The van der Waals surface area contributed by atoms with E-state index in [1.54, 1.807) is 24.6 Å². The van der Waals surface area contributed by atoms with Crippen LogP contribution >= 0.6 is 0 Å². The van der Waals surface area contributed by atoms with Gasteiger partial charge in [0.2, 0.25) is 0 Å². The molecule has 0 saturated carbocycles. The van der Waals surface area contributed by atoms with Crippen molar-refractivity contribution in [3.05, 3.63) is 137 Å². The van der Waals surface area contributed by atoms with Crippen molar-refractivity contribution in [2.75, 3.05) is 5.32 Å². The Morgan fingerprint density at radius 3 is 2.57 bits per heavy atom. The van der Waals surface area contributed by atoms with E-state index in [4.69, 9.17) is 0 Å². The zero-order valence-electron chi connectivity index (χ0n) is 19.9. The van der Waals surface area contributed by atoms with E-state index in [1.165, 1.54) is 5.56 Å². The summed E-state index contributed by atoms with van der Waals surface area (Å²) in [5.74, 6) is 0.687. The quantitative estimate of drug-likeness (QED) is 0.373. The van der Waals surface area contributed by atoms with Crippen molar-refractivity contribution in [3.8, 4) is 0 Å². The van der Waals surface area contributed by atoms with Crippen LogP contribution in [0, 0.1) is 0 Å². The molecule has 2 heterocycles. The van der Waals surface area contributed by atoms with Gasteiger partial charge in [0.1, 0.15) is 5.82 Å². The number of allylic oxidation sites excluding steroid dienone is 6. The lowest BCUT2D eigenvalue weighted by Crippen LogP contribution is -2.23. The molecule has 0 fully saturated rings. The molecule has 35 heavy (non-hydrogen) atoms. The van der Waals surface area contributed by atoms with E-state index in [1.807, 2.05) is 54.6 Å². The molecule has 0 spiro atoms. The number of aromatic nitrogens is 1. The van der Waals surface area contributed by atoms with Gasteiger partial charge in [-0.15, -0.1) is 0 Å². The molecule has 0 saturated heterocycles. The summed E-state index contributed by atoms with van der Waals surface area (Å²) in [6.07, 6.45) is 12.8. The summed E-state index contributed by atoms with van der Waals surface area (Å²) in [4.78, 5) is 17.7. The first kappa shape index (κ1) is 23.8. The molecule has 0 atom stereocenters. The Balaban J connectivity index is 1.80. The van der Waals surface area contributed by atoms with Crippen LogP contribution in [-0.2, 0) is 13.0 Å². The topological polar surface area (TPSA) is 58.4 Å². The number of rotatable bonds is 9. The van der Waals surface area contributed by atoms with Crippen LogP contribution in [0.2, 0.25) is 0 Å². The summed E-state index contributed by atoms with van der Waals surface area (Å²) in [7, 11) is 0. The molecule has 2 N–H and O–H groups in total. The molecule has 1 aliphatic heterocycles. The molecule has 3 aromatic rings. The monoisotopic (exact) mass is 462 g/mol. The van der Waals surface area contributed by atoms with Crippen LogP contribution in [0.15, 0.2) is 119 Å². The fourth-order valence-corrected chi connectivity index (χ4v) is 3.95. The van der Waals surface area contributed by atoms with Gasteiger partial charge < -0.3 is 10.6 Å². The first-order valence-electron chi connectivity index (χ1n) is 11.8. The number of nitrogens with zero attached hydrogens (tertiary/aromatic N) is 2. The van der Waals surface area contributed by atoms with E-state index >= 15 is 0 Å². The Morgan fingerprint density at radius 2 is 1.86 bits per heavy atom. The summed E-state index contributed by atoms with van der Waals surface area (Å²) in [5, 5.41) is 6.94. The second-order valence-corrected chi connectivity index (χ2v) is 8.17. The number of anilines is 2. The fourth-order valence-electron chi connectivity index (χ4n) is 3.95. The average Bonchev–Trinajstić information content (AvgIpc) is 3.10. The SMILES string of the molecule is C=C/C=C(\C=C/CC)n1c(Nc2ccccc2)cc(=O)c2c1CC(NCc1ccccc1)=CN=C2. The summed E-state index contributed by atoms with van der Waals surface area (Å²) >= 11 is 0. The van der Waals surface area contributed by atoms with Crippen LogP contribution < -0.4 is 16.1 Å². The van der Waals surface area contributed by atoms with Crippen LogP contribution in [-0.4, -0.2) is 10.8 Å². The maximum absolute atomic E-state index is 13.2. The van der Waals surface area contributed by atoms with Gasteiger partial charge in [0.15, 0.2) is 5.43 Å². The molecule has 1 aliphatic rings. The molecule has 2 aromatic carbocycles. The summed E-state index contributed by atoms with van der Waals surface area (Å²) in [5.41, 5.74) is 5.29. The van der Waals surface area contributed by atoms with Crippen molar-refractivity contribution in [1.82, 2.24) is 9.88 Å². The molecule has 5 heteroatoms. The van der Waals surface area contributed by atoms with Crippen molar-refractivity contribution in [2.45, 2.75) is 26.3 Å². The van der Waals surface area contributed by atoms with Crippen LogP contribution in [0.5, 0.6) is 0 Å². The van der Waals surface area contributed by atoms with Gasteiger partial charge in [-0.25, -0.2) is 0 Å². The minimum Gasteiger partial charge on any atom is -0.383 e. The second kappa shape index (κ2) is 11.7. The minimum atomic E-state index is -0.0754.